The van der Waals surface area contributed by atoms with Gasteiger partial charge in [0.05, 0.1) is 9.82 Å². The zero-order valence-electron chi connectivity index (χ0n) is 15.2. The second kappa shape index (κ2) is 9.09. The molecule has 9 nitrogen and oxygen atoms in total. The second-order valence-electron chi connectivity index (χ2n) is 6.11. The van der Waals surface area contributed by atoms with Gasteiger partial charge in [0, 0.05) is 19.0 Å². The van der Waals surface area contributed by atoms with Crippen molar-refractivity contribution in [2.24, 2.45) is 5.14 Å². The fourth-order valence-corrected chi connectivity index (χ4v) is 3.07. The van der Waals surface area contributed by atoms with Gasteiger partial charge in [-0.15, -0.1) is 0 Å². The molecule has 2 aromatic carbocycles. The molecule has 0 aliphatic heterocycles. The van der Waals surface area contributed by atoms with Gasteiger partial charge in [-0.1, -0.05) is 30.3 Å². The molecule has 0 saturated carbocycles. The summed E-state index contributed by atoms with van der Waals surface area (Å²) < 4.78 is 62.4. The molecule has 0 bridgehead atoms. The van der Waals surface area contributed by atoms with E-state index < -0.39 is 50.1 Å². The zero-order valence-corrected chi connectivity index (χ0v) is 16.0. The number of sulfonamides is 1. The third-order valence-corrected chi connectivity index (χ3v) is 4.84. The lowest BCUT2D eigenvalue weighted by Gasteiger charge is -2.22. The first-order valence-electron chi connectivity index (χ1n) is 8.35. The molecule has 1 unspecified atom stereocenters. The third kappa shape index (κ3) is 6.15. The van der Waals surface area contributed by atoms with Gasteiger partial charge in [-0.05, 0) is 17.7 Å². The molecule has 2 rings (SSSR count). The molecule has 0 heterocycles. The van der Waals surface area contributed by atoms with Gasteiger partial charge >= 0.3 is 6.18 Å². The second-order valence-corrected chi connectivity index (χ2v) is 7.67. The van der Waals surface area contributed by atoms with Crippen LogP contribution >= 0.6 is 0 Å². The van der Waals surface area contributed by atoms with Crippen molar-refractivity contribution in [2.45, 2.75) is 23.5 Å². The van der Waals surface area contributed by atoms with Crippen LogP contribution in [0.5, 0.6) is 0 Å². The normalized spacial score (nSPS) is 12.8. The highest BCUT2D eigenvalue weighted by atomic mass is 32.2. The molecule has 162 valence electrons. The molecule has 1 atom stereocenters. The van der Waals surface area contributed by atoms with Crippen LogP contribution in [0.2, 0.25) is 0 Å². The number of hydrogen-bond acceptors (Lipinski definition) is 6. The van der Waals surface area contributed by atoms with Crippen molar-refractivity contribution in [1.29, 1.82) is 0 Å². The molecule has 0 aromatic heterocycles. The predicted octanol–water partition coefficient (Wildman–Crippen LogP) is 2.46. The van der Waals surface area contributed by atoms with E-state index in [0.29, 0.717) is 0 Å². The van der Waals surface area contributed by atoms with Gasteiger partial charge in [0.1, 0.15) is 5.69 Å². The van der Waals surface area contributed by atoms with E-state index in [4.69, 9.17) is 5.14 Å². The van der Waals surface area contributed by atoms with E-state index in [2.05, 4.69) is 5.32 Å². The van der Waals surface area contributed by atoms with E-state index in [1.807, 2.05) is 5.32 Å². The van der Waals surface area contributed by atoms with Gasteiger partial charge < -0.3 is 10.6 Å². The Bertz CT molecular complexity index is 1030. The van der Waals surface area contributed by atoms with E-state index in [9.17, 15) is 36.5 Å². The van der Waals surface area contributed by atoms with E-state index in [1.54, 1.807) is 0 Å². The van der Waals surface area contributed by atoms with E-state index >= 15 is 0 Å². The molecule has 13 heteroatoms. The number of anilines is 1. The summed E-state index contributed by atoms with van der Waals surface area (Å²) in [5.74, 6) is -0.933. The number of hydrogen-bond donors (Lipinski definition) is 3. The molecule has 0 aliphatic rings. The number of nitrogens with zero attached hydrogens (tertiary/aromatic N) is 1. The molecular weight excluding hydrogens is 429 g/mol. The SMILES string of the molecule is NS(=O)(=O)c1ccc(NCCC(=O)NC(c2ccccc2)C(F)(F)F)c([N+](=O)[O-])c1. The lowest BCUT2D eigenvalue weighted by molar-refractivity contribution is -0.384. The van der Waals surface area contributed by atoms with Crippen molar-refractivity contribution in [3.05, 3.63) is 64.2 Å². The van der Waals surface area contributed by atoms with Gasteiger partial charge in [-0.3, -0.25) is 14.9 Å². The highest BCUT2D eigenvalue weighted by Gasteiger charge is 2.41. The number of benzene rings is 2. The number of rotatable bonds is 8. The van der Waals surface area contributed by atoms with Crippen LogP contribution in [0.15, 0.2) is 53.4 Å². The maximum Gasteiger partial charge on any atom is 0.412 e. The molecule has 0 saturated heterocycles. The van der Waals surface area contributed by atoms with Gasteiger partial charge in [0.25, 0.3) is 5.69 Å². The first-order valence-corrected chi connectivity index (χ1v) is 9.90. The van der Waals surface area contributed by atoms with Crippen LogP contribution in [0, 0.1) is 10.1 Å². The minimum absolute atomic E-state index is 0.115. The highest BCUT2D eigenvalue weighted by Crippen LogP contribution is 2.32. The molecule has 0 fully saturated rings. The maximum atomic E-state index is 13.3. The van der Waals surface area contributed by atoms with E-state index in [0.717, 1.165) is 18.2 Å². The topological polar surface area (TPSA) is 144 Å². The Morgan fingerprint density at radius 1 is 1.17 bits per heavy atom. The number of nitrogens with one attached hydrogen (secondary N) is 2. The van der Waals surface area contributed by atoms with E-state index in [1.165, 1.54) is 30.3 Å². The predicted molar refractivity (Wildman–Crippen MR) is 101 cm³/mol. The number of carbonyl (C=O) groups excluding carboxylic acids is 1. The van der Waals surface area contributed by atoms with Crippen LogP contribution in [0.4, 0.5) is 24.5 Å². The number of nitro benzene ring substituents is 1. The minimum atomic E-state index is -4.72. The van der Waals surface area contributed by atoms with Crippen molar-refractivity contribution in [3.63, 3.8) is 0 Å². The standard InChI is InChI=1S/C17H17F3N4O5S/c18-17(19,20)16(11-4-2-1-3-5-11)23-15(25)8-9-22-13-7-6-12(30(21,28)29)10-14(13)24(26)27/h1-7,10,16,22H,8-9H2,(H,23,25)(H2,21,28,29). The number of amides is 1. The van der Waals surface area contributed by atoms with Crippen LogP contribution in [0.1, 0.15) is 18.0 Å². The molecule has 2 aromatic rings. The summed E-state index contributed by atoms with van der Waals surface area (Å²) in [6.45, 7) is -0.235. The largest absolute Gasteiger partial charge is 0.412 e. The van der Waals surface area contributed by atoms with Crippen molar-refractivity contribution < 1.29 is 31.3 Å². The van der Waals surface area contributed by atoms with Gasteiger partial charge in [0.15, 0.2) is 6.04 Å². The van der Waals surface area contributed by atoms with Crippen LogP contribution < -0.4 is 15.8 Å². The van der Waals surface area contributed by atoms with Crippen molar-refractivity contribution in [1.82, 2.24) is 5.32 Å². The maximum absolute atomic E-state index is 13.3. The number of alkyl halides is 3. The Labute approximate surface area is 169 Å². The quantitative estimate of drug-likeness (QED) is 0.420. The van der Waals surface area contributed by atoms with Crippen molar-refractivity contribution in [3.8, 4) is 0 Å². The molecule has 0 radical (unpaired) electrons. The van der Waals surface area contributed by atoms with Gasteiger partial charge in [-0.2, -0.15) is 13.2 Å². The Morgan fingerprint density at radius 3 is 2.33 bits per heavy atom. The average Bonchev–Trinajstić information content (AvgIpc) is 2.65. The average molecular weight is 446 g/mol. The Balaban J connectivity index is 2.06. The van der Waals surface area contributed by atoms with Crippen LogP contribution in [0.3, 0.4) is 0 Å². The fraction of sp³-hybridized carbons (Fsp3) is 0.235. The molecular formula is C17H17F3N4O5S. The summed E-state index contributed by atoms with van der Waals surface area (Å²) in [6.07, 6.45) is -5.14. The van der Waals surface area contributed by atoms with Crippen molar-refractivity contribution >= 4 is 27.3 Å². The third-order valence-electron chi connectivity index (χ3n) is 3.93. The summed E-state index contributed by atoms with van der Waals surface area (Å²) in [5, 5.41) is 20.5. The molecule has 1 amide bonds. The summed E-state index contributed by atoms with van der Waals surface area (Å²) >= 11 is 0. The molecule has 4 N–H and O–H groups in total. The highest BCUT2D eigenvalue weighted by molar-refractivity contribution is 7.89. The first-order chi connectivity index (χ1) is 13.9. The van der Waals surface area contributed by atoms with Crippen LogP contribution in [-0.2, 0) is 14.8 Å². The summed E-state index contributed by atoms with van der Waals surface area (Å²) in [5.41, 5.74) is -0.865. The van der Waals surface area contributed by atoms with Gasteiger partial charge in [-0.25, -0.2) is 13.6 Å². The Kier molecular flexibility index (Phi) is 7.00. The lowest BCUT2D eigenvalue weighted by Crippen LogP contribution is -2.38. The fourth-order valence-electron chi connectivity index (χ4n) is 2.53. The van der Waals surface area contributed by atoms with E-state index in [-0.39, 0.29) is 17.8 Å². The summed E-state index contributed by atoms with van der Waals surface area (Å²) in [7, 11) is -4.17. The number of primary sulfonamides is 1. The molecule has 30 heavy (non-hydrogen) atoms. The Hall–Kier alpha value is -3.19. The Morgan fingerprint density at radius 2 is 1.80 bits per heavy atom. The van der Waals surface area contributed by atoms with Crippen LogP contribution in [-0.4, -0.2) is 32.0 Å². The zero-order chi connectivity index (χ0) is 22.5. The smallest absolute Gasteiger partial charge is 0.379 e. The lowest BCUT2D eigenvalue weighted by atomic mass is 10.1. The number of nitro groups is 1. The molecule has 0 aliphatic carbocycles. The number of carbonyl (C=O) groups is 1. The number of halogens is 3. The van der Waals surface area contributed by atoms with Crippen molar-refractivity contribution in [2.75, 3.05) is 11.9 Å². The molecule has 0 spiro atoms. The first kappa shape index (κ1) is 23.1. The van der Waals surface area contributed by atoms with Gasteiger partial charge in [0.2, 0.25) is 15.9 Å². The minimum Gasteiger partial charge on any atom is -0.379 e. The monoisotopic (exact) mass is 446 g/mol. The summed E-state index contributed by atoms with van der Waals surface area (Å²) in [6, 6.07) is 7.47. The summed E-state index contributed by atoms with van der Waals surface area (Å²) in [4.78, 5) is 21.8. The van der Waals surface area contributed by atoms with Crippen LogP contribution in [0.25, 0.3) is 0 Å². The number of nitrogens with two attached hydrogens (primary N) is 1.